The molecule has 1 atom stereocenters. The van der Waals surface area contributed by atoms with Crippen molar-refractivity contribution in [2.75, 3.05) is 18.9 Å². The lowest BCUT2D eigenvalue weighted by atomic mass is 10.1. The third-order valence-corrected chi connectivity index (χ3v) is 3.12. The summed E-state index contributed by atoms with van der Waals surface area (Å²) < 4.78 is 5.00. The zero-order valence-electron chi connectivity index (χ0n) is 10.1. The number of nitrogen functional groups attached to an aromatic ring is 1. The van der Waals surface area contributed by atoms with Gasteiger partial charge >= 0.3 is 5.97 Å². The second kappa shape index (κ2) is 5.19. The predicted octanol–water partition coefficient (Wildman–Crippen LogP) is 1.41. The molecule has 1 aromatic rings. The summed E-state index contributed by atoms with van der Waals surface area (Å²) in [7, 11) is 0. The molecule has 0 aliphatic carbocycles. The normalized spacial score (nSPS) is 19.6. The Balaban J connectivity index is 2.04. The van der Waals surface area contributed by atoms with Gasteiger partial charge in [0, 0.05) is 18.7 Å². The summed E-state index contributed by atoms with van der Waals surface area (Å²) in [4.78, 5) is 13.7. The van der Waals surface area contributed by atoms with Crippen LogP contribution >= 0.6 is 0 Å². The second-order valence-corrected chi connectivity index (χ2v) is 4.28. The Kier molecular flexibility index (Phi) is 3.64. The van der Waals surface area contributed by atoms with Crippen molar-refractivity contribution in [3.8, 4) is 0 Å². The summed E-state index contributed by atoms with van der Waals surface area (Å²) in [5.41, 5.74) is 7.58. The number of hydrogen-bond acceptors (Lipinski definition) is 4. The summed E-state index contributed by atoms with van der Waals surface area (Å²) in [5, 5.41) is 0. The SMILES string of the molecule is CCN(Cc1ccc(N)cc1)C1CCOC1=O. The predicted molar refractivity (Wildman–Crippen MR) is 66.3 cm³/mol. The van der Waals surface area contributed by atoms with Gasteiger partial charge in [0.1, 0.15) is 6.04 Å². The third kappa shape index (κ3) is 2.77. The third-order valence-electron chi connectivity index (χ3n) is 3.12. The number of ether oxygens (including phenoxy) is 1. The topological polar surface area (TPSA) is 55.6 Å². The lowest BCUT2D eigenvalue weighted by Crippen LogP contribution is -2.37. The molecule has 92 valence electrons. The number of anilines is 1. The van der Waals surface area contributed by atoms with E-state index in [2.05, 4.69) is 11.8 Å². The molecule has 2 N–H and O–H groups in total. The van der Waals surface area contributed by atoms with Crippen molar-refractivity contribution in [1.82, 2.24) is 4.90 Å². The molecule has 0 bridgehead atoms. The number of nitrogens with zero attached hydrogens (tertiary/aromatic N) is 1. The molecule has 1 saturated heterocycles. The van der Waals surface area contributed by atoms with Gasteiger partial charge < -0.3 is 10.5 Å². The largest absolute Gasteiger partial charge is 0.464 e. The first-order chi connectivity index (χ1) is 8.20. The van der Waals surface area contributed by atoms with Crippen LogP contribution in [-0.4, -0.2) is 30.1 Å². The highest BCUT2D eigenvalue weighted by molar-refractivity contribution is 5.77. The van der Waals surface area contributed by atoms with Crippen LogP contribution in [0.15, 0.2) is 24.3 Å². The molecule has 1 unspecified atom stereocenters. The first-order valence-corrected chi connectivity index (χ1v) is 5.96. The van der Waals surface area contributed by atoms with Crippen LogP contribution in [0.25, 0.3) is 0 Å². The number of carbonyl (C=O) groups is 1. The zero-order valence-corrected chi connectivity index (χ0v) is 10.1. The highest BCUT2D eigenvalue weighted by Crippen LogP contribution is 2.17. The molecule has 4 nitrogen and oxygen atoms in total. The number of hydrogen-bond donors (Lipinski definition) is 1. The van der Waals surface area contributed by atoms with E-state index in [9.17, 15) is 4.79 Å². The van der Waals surface area contributed by atoms with E-state index in [1.165, 1.54) is 5.56 Å². The van der Waals surface area contributed by atoms with Crippen LogP contribution in [0.3, 0.4) is 0 Å². The Morgan fingerprint density at radius 3 is 2.65 bits per heavy atom. The molecule has 1 aromatic carbocycles. The summed E-state index contributed by atoms with van der Waals surface area (Å²) in [5.74, 6) is -0.0951. The molecular weight excluding hydrogens is 216 g/mol. The zero-order chi connectivity index (χ0) is 12.3. The van der Waals surface area contributed by atoms with Gasteiger partial charge in [-0.1, -0.05) is 19.1 Å². The summed E-state index contributed by atoms with van der Waals surface area (Å²) in [6.45, 7) is 4.20. The summed E-state index contributed by atoms with van der Waals surface area (Å²) in [6.07, 6.45) is 0.793. The van der Waals surface area contributed by atoms with Gasteiger partial charge in [0.15, 0.2) is 0 Å². The van der Waals surface area contributed by atoms with Crippen molar-refractivity contribution in [2.45, 2.75) is 25.9 Å². The molecular formula is C13H18N2O2. The van der Waals surface area contributed by atoms with Gasteiger partial charge in [0.2, 0.25) is 0 Å². The average Bonchev–Trinajstić information content (AvgIpc) is 2.75. The first kappa shape index (κ1) is 11.9. The van der Waals surface area contributed by atoms with Gasteiger partial charge in [0.05, 0.1) is 6.61 Å². The molecule has 1 aliphatic rings. The number of carbonyl (C=O) groups excluding carboxylic acids is 1. The Labute approximate surface area is 101 Å². The van der Waals surface area contributed by atoms with Crippen molar-refractivity contribution in [3.63, 3.8) is 0 Å². The maximum absolute atomic E-state index is 11.5. The van der Waals surface area contributed by atoms with E-state index >= 15 is 0 Å². The molecule has 1 heterocycles. The smallest absolute Gasteiger partial charge is 0.323 e. The maximum Gasteiger partial charge on any atom is 0.323 e. The Morgan fingerprint density at radius 1 is 1.41 bits per heavy atom. The van der Waals surface area contributed by atoms with Gasteiger partial charge in [-0.25, -0.2) is 0 Å². The van der Waals surface area contributed by atoms with E-state index in [4.69, 9.17) is 10.5 Å². The van der Waals surface area contributed by atoms with E-state index in [1.54, 1.807) is 0 Å². The molecule has 1 aliphatic heterocycles. The number of rotatable bonds is 4. The van der Waals surface area contributed by atoms with Crippen LogP contribution in [0.2, 0.25) is 0 Å². The quantitative estimate of drug-likeness (QED) is 0.632. The molecule has 0 saturated carbocycles. The van der Waals surface area contributed by atoms with E-state index < -0.39 is 0 Å². The van der Waals surface area contributed by atoms with Crippen LogP contribution < -0.4 is 5.73 Å². The van der Waals surface area contributed by atoms with Crippen LogP contribution in [0.4, 0.5) is 5.69 Å². The molecule has 0 spiro atoms. The number of cyclic esters (lactones) is 1. The van der Waals surface area contributed by atoms with Gasteiger partial charge in [0.25, 0.3) is 0 Å². The van der Waals surface area contributed by atoms with E-state index in [-0.39, 0.29) is 12.0 Å². The molecule has 0 amide bonds. The minimum atomic E-state index is -0.0951. The Bertz CT molecular complexity index is 389. The Hall–Kier alpha value is -1.55. The molecule has 17 heavy (non-hydrogen) atoms. The molecule has 2 rings (SSSR count). The highest BCUT2D eigenvalue weighted by Gasteiger charge is 2.31. The summed E-state index contributed by atoms with van der Waals surface area (Å²) in [6, 6.07) is 7.68. The molecule has 1 fully saturated rings. The lowest BCUT2D eigenvalue weighted by molar-refractivity contribution is -0.142. The standard InChI is InChI=1S/C13H18N2O2/c1-2-15(12-7-8-17-13(12)16)9-10-3-5-11(14)6-4-10/h3-6,12H,2,7-9,14H2,1H3. The number of esters is 1. The van der Waals surface area contributed by atoms with Crippen molar-refractivity contribution < 1.29 is 9.53 Å². The Morgan fingerprint density at radius 2 is 2.12 bits per heavy atom. The molecule has 0 aromatic heterocycles. The minimum Gasteiger partial charge on any atom is -0.464 e. The van der Waals surface area contributed by atoms with E-state index in [0.29, 0.717) is 6.61 Å². The lowest BCUT2D eigenvalue weighted by Gasteiger charge is -2.24. The van der Waals surface area contributed by atoms with E-state index in [0.717, 1.165) is 25.2 Å². The van der Waals surface area contributed by atoms with Crippen molar-refractivity contribution in [3.05, 3.63) is 29.8 Å². The van der Waals surface area contributed by atoms with Gasteiger partial charge in [-0.2, -0.15) is 0 Å². The number of benzene rings is 1. The van der Waals surface area contributed by atoms with Gasteiger partial charge in [-0.3, -0.25) is 9.69 Å². The maximum atomic E-state index is 11.5. The molecule has 0 radical (unpaired) electrons. The van der Waals surface area contributed by atoms with Crippen LogP contribution in [-0.2, 0) is 16.1 Å². The monoisotopic (exact) mass is 234 g/mol. The van der Waals surface area contributed by atoms with Gasteiger partial charge in [-0.15, -0.1) is 0 Å². The second-order valence-electron chi connectivity index (χ2n) is 4.28. The molecule has 4 heteroatoms. The highest BCUT2D eigenvalue weighted by atomic mass is 16.5. The fraction of sp³-hybridized carbons (Fsp3) is 0.462. The van der Waals surface area contributed by atoms with Crippen molar-refractivity contribution in [2.24, 2.45) is 0 Å². The van der Waals surface area contributed by atoms with Crippen molar-refractivity contribution >= 4 is 11.7 Å². The average molecular weight is 234 g/mol. The fourth-order valence-electron chi connectivity index (χ4n) is 2.12. The summed E-state index contributed by atoms with van der Waals surface area (Å²) >= 11 is 0. The van der Waals surface area contributed by atoms with E-state index in [1.807, 2.05) is 24.3 Å². The van der Waals surface area contributed by atoms with Gasteiger partial charge in [-0.05, 0) is 24.2 Å². The van der Waals surface area contributed by atoms with Crippen molar-refractivity contribution in [1.29, 1.82) is 0 Å². The number of likely N-dealkylation sites (N-methyl/N-ethyl adjacent to an activating group) is 1. The minimum absolute atomic E-state index is 0.0856. The van der Waals surface area contributed by atoms with Crippen LogP contribution in [0, 0.1) is 0 Å². The fourth-order valence-corrected chi connectivity index (χ4v) is 2.12. The first-order valence-electron chi connectivity index (χ1n) is 5.96. The number of nitrogens with two attached hydrogens (primary N) is 1. The van der Waals surface area contributed by atoms with Crippen LogP contribution in [0.5, 0.6) is 0 Å². The van der Waals surface area contributed by atoms with Crippen LogP contribution in [0.1, 0.15) is 18.9 Å².